The SMILES string of the molecule is CCOC(=O)COC(=O)Nc1n[nH]c2cc(Cl)ncc12. The Morgan fingerprint density at radius 1 is 1.45 bits per heavy atom. The number of nitrogens with zero attached hydrogens (tertiary/aromatic N) is 2. The number of rotatable bonds is 4. The third kappa shape index (κ3) is 3.35. The third-order valence-corrected chi connectivity index (χ3v) is 2.47. The molecule has 0 spiro atoms. The molecule has 0 aromatic carbocycles. The Morgan fingerprint density at radius 3 is 3.00 bits per heavy atom. The number of halogens is 1. The molecule has 0 aliphatic carbocycles. The van der Waals surface area contributed by atoms with Crippen molar-refractivity contribution in [1.82, 2.24) is 15.2 Å². The second kappa shape index (κ2) is 6.20. The van der Waals surface area contributed by atoms with E-state index < -0.39 is 18.7 Å². The molecule has 0 unspecified atom stereocenters. The molecular formula is C11H11ClN4O4. The van der Waals surface area contributed by atoms with E-state index in [9.17, 15) is 9.59 Å². The van der Waals surface area contributed by atoms with E-state index in [1.807, 2.05) is 0 Å². The van der Waals surface area contributed by atoms with E-state index in [2.05, 4.69) is 30.0 Å². The number of carbonyl (C=O) groups is 2. The quantitative estimate of drug-likeness (QED) is 0.657. The molecule has 0 aliphatic heterocycles. The van der Waals surface area contributed by atoms with Gasteiger partial charge in [-0.1, -0.05) is 11.6 Å². The Bertz CT molecular complexity index is 642. The first-order chi connectivity index (χ1) is 9.60. The lowest BCUT2D eigenvalue weighted by Crippen LogP contribution is -2.20. The van der Waals surface area contributed by atoms with Gasteiger partial charge in [0.2, 0.25) is 0 Å². The number of anilines is 1. The van der Waals surface area contributed by atoms with Crippen LogP contribution >= 0.6 is 11.6 Å². The van der Waals surface area contributed by atoms with Crippen LogP contribution in [0.5, 0.6) is 0 Å². The van der Waals surface area contributed by atoms with Gasteiger partial charge >= 0.3 is 12.1 Å². The molecule has 1 amide bonds. The molecule has 106 valence electrons. The van der Waals surface area contributed by atoms with Gasteiger partial charge in [-0.3, -0.25) is 10.4 Å². The highest BCUT2D eigenvalue weighted by atomic mass is 35.5. The lowest BCUT2D eigenvalue weighted by atomic mass is 10.3. The van der Waals surface area contributed by atoms with Gasteiger partial charge in [0, 0.05) is 12.3 Å². The van der Waals surface area contributed by atoms with Crippen molar-refractivity contribution in [2.45, 2.75) is 6.92 Å². The highest BCUT2D eigenvalue weighted by Gasteiger charge is 2.12. The van der Waals surface area contributed by atoms with E-state index in [-0.39, 0.29) is 12.4 Å². The van der Waals surface area contributed by atoms with Crippen LogP contribution in [-0.2, 0) is 14.3 Å². The molecule has 20 heavy (non-hydrogen) atoms. The summed E-state index contributed by atoms with van der Waals surface area (Å²) >= 11 is 5.73. The van der Waals surface area contributed by atoms with Crippen molar-refractivity contribution in [3.05, 3.63) is 17.4 Å². The molecule has 0 aliphatic rings. The average molecular weight is 299 g/mol. The maximum atomic E-state index is 11.5. The number of carbonyl (C=O) groups excluding carboxylic acids is 2. The lowest BCUT2D eigenvalue weighted by molar-refractivity contribution is -0.146. The maximum Gasteiger partial charge on any atom is 0.413 e. The van der Waals surface area contributed by atoms with Gasteiger partial charge in [-0.05, 0) is 6.92 Å². The van der Waals surface area contributed by atoms with Crippen molar-refractivity contribution in [2.24, 2.45) is 0 Å². The summed E-state index contributed by atoms with van der Waals surface area (Å²) in [7, 11) is 0. The van der Waals surface area contributed by atoms with Crippen LogP contribution in [0.3, 0.4) is 0 Å². The fraction of sp³-hybridized carbons (Fsp3) is 0.273. The number of esters is 1. The topological polar surface area (TPSA) is 106 Å². The van der Waals surface area contributed by atoms with Gasteiger partial charge < -0.3 is 9.47 Å². The molecule has 8 nitrogen and oxygen atoms in total. The van der Waals surface area contributed by atoms with Gasteiger partial charge in [-0.15, -0.1) is 0 Å². The van der Waals surface area contributed by atoms with E-state index in [0.29, 0.717) is 16.1 Å². The minimum atomic E-state index is -0.818. The zero-order chi connectivity index (χ0) is 14.5. The summed E-state index contributed by atoms with van der Waals surface area (Å²) in [5.41, 5.74) is 0.616. The van der Waals surface area contributed by atoms with Crippen LogP contribution in [0.1, 0.15) is 6.92 Å². The van der Waals surface area contributed by atoms with E-state index in [0.717, 1.165) is 0 Å². The summed E-state index contributed by atoms with van der Waals surface area (Å²) in [5, 5.41) is 9.83. The molecule has 2 rings (SSSR count). The minimum Gasteiger partial charge on any atom is -0.463 e. The Morgan fingerprint density at radius 2 is 2.25 bits per heavy atom. The van der Waals surface area contributed by atoms with Crippen LogP contribution in [0.4, 0.5) is 10.6 Å². The smallest absolute Gasteiger partial charge is 0.413 e. The van der Waals surface area contributed by atoms with Crippen LogP contribution in [0, 0.1) is 0 Å². The second-order valence-electron chi connectivity index (χ2n) is 3.63. The Balaban J connectivity index is 1.98. The Hall–Kier alpha value is -2.35. The molecule has 2 heterocycles. The predicted molar refractivity (Wildman–Crippen MR) is 70.5 cm³/mol. The predicted octanol–water partition coefficient (Wildman–Crippen LogP) is 1.72. The summed E-state index contributed by atoms with van der Waals surface area (Å²) in [6.45, 7) is 1.41. The minimum absolute atomic E-state index is 0.222. The molecule has 2 aromatic rings. The van der Waals surface area contributed by atoms with Gasteiger partial charge in [0.05, 0.1) is 17.5 Å². The van der Waals surface area contributed by atoms with Gasteiger partial charge in [0.25, 0.3) is 0 Å². The van der Waals surface area contributed by atoms with Crippen molar-refractivity contribution in [3.8, 4) is 0 Å². The van der Waals surface area contributed by atoms with Gasteiger partial charge in [-0.25, -0.2) is 14.6 Å². The van der Waals surface area contributed by atoms with E-state index in [1.165, 1.54) is 6.20 Å². The molecular weight excluding hydrogens is 288 g/mol. The highest BCUT2D eigenvalue weighted by molar-refractivity contribution is 6.30. The number of H-pyrrole nitrogens is 1. The molecule has 0 radical (unpaired) electrons. The van der Waals surface area contributed by atoms with Crippen LogP contribution in [0.15, 0.2) is 12.3 Å². The normalized spacial score (nSPS) is 10.3. The largest absolute Gasteiger partial charge is 0.463 e. The summed E-state index contributed by atoms with van der Waals surface area (Å²) in [5.74, 6) is -0.388. The summed E-state index contributed by atoms with van der Waals surface area (Å²) in [6, 6.07) is 1.57. The molecule has 0 bridgehead atoms. The number of fused-ring (bicyclic) bond motifs is 1. The molecule has 2 aromatic heterocycles. The first kappa shape index (κ1) is 14.1. The standard InChI is InChI=1S/C11H11ClN4O4/c1-2-19-9(17)5-20-11(18)14-10-6-4-13-8(12)3-7(6)15-16-10/h3-4H,2,5H2,1H3,(H2,14,15,16,18). The number of nitrogens with one attached hydrogen (secondary N) is 2. The van der Waals surface area contributed by atoms with E-state index >= 15 is 0 Å². The van der Waals surface area contributed by atoms with E-state index in [1.54, 1.807) is 13.0 Å². The van der Waals surface area contributed by atoms with Crippen molar-refractivity contribution in [3.63, 3.8) is 0 Å². The van der Waals surface area contributed by atoms with Crippen molar-refractivity contribution in [2.75, 3.05) is 18.5 Å². The van der Waals surface area contributed by atoms with Gasteiger partial charge in [0.1, 0.15) is 5.15 Å². The summed E-state index contributed by atoms with van der Waals surface area (Å²) < 4.78 is 9.30. The zero-order valence-electron chi connectivity index (χ0n) is 10.5. The van der Waals surface area contributed by atoms with E-state index in [4.69, 9.17) is 11.6 Å². The highest BCUT2D eigenvalue weighted by Crippen LogP contribution is 2.21. The number of hydrogen-bond acceptors (Lipinski definition) is 6. The molecule has 9 heteroatoms. The van der Waals surface area contributed by atoms with Gasteiger partial charge in [-0.2, -0.15) is 5.10 Å². The summed E-state index contributed by atoms with van der Waals surface area (Å²) in [4.78, 5) is 26.4. The fourth-order valence-corrected chi connectivity index (χ4v) is 1.60. The number of hydrogen-bond donors (Lipinski definition) is 2. The van der Waals surface area contributed by atoms with Crippen LogP contribution in [0.25, 0.3) is 10.9 Å². The van der Waals surface area contributed by atoms with Crippen molar-refractivity contribution < 1.29 is 19.1 Å². The number of aromatic nitrogens is 3. The number of pyridine rings is 1. The van der Waals surface area contributed by atoms with Crippen molar-refractivity contribution >= 4 is 40.4 Å². The molecule has 0 atom stereocenters. The first-order valence-electron chi connectivity index (χ1n) is 5.69. The zero-order valence-corrected chi connectivity index (χ0v) is 11.2. The maximum absolute atomic E-state index is 11.5. The summed E-state index contributed by atoms with van der Waals surface area (Å²) in [6.07, 6.45) is 0.642. The van der Waals surface area contributed by atoms with Crippen LogP contribution < -0.4 is 5.32 Å². The van der Waals surface area contributed by atoms with Crippen LogP contribution in [0.2, 0.25) is 5.15 Å². The number of aromatic amines is 1. The Labute approximate surface area is 118 Å². The monoisotopic (exact) mass is 298 g/mol. The van der Waals surface area contributed by atoms with Gasteiger partial charge in [0.15, 0.2) is 12.4 Å². The molecule has 0 saturated heterocycles. The Kier molecular flexibility index (Phi) is 4.36. The molecule has 0 saturated carbocycles. The fourth-order valence-electron chi connectivity index (χ4n) is 1.44. The molecule has 2 N–H and O–H groups in total. The van der Waals surface area contributed by atoms with Crippen LogP contribution in [-0.4, -0.2) is 40.5 Å². The lowest BCUT2D eigenvalue weighted by Gasteiger charge is -2.04. The average Bonchev–Trinajstić information content (AvgIpc) is 2.79. The van der Waals surface area contributed by atoms with Crippen molar-refractivity contribution in [1.29, 1.82) is 0 Å². The molecule has 0 fully saturated rings. The third-order valence-electron chi connectivity index (χ3n) is 2.26. The first-order valence-corrected chi connectivity index (χ1v) is 6.07. The number of ether oxygens (including phenoxy) is 2. The number of amides is 1. The second-order valence-corrected chi connectivity index (χ2v) is 4.02.